The minimum Gasteiger partial charge on any atom is -0.194 e. The Bertz CT molecular complexity index is 512. The van der Waals surface area contributed by atoms with Crippen LogP contribution in [-0.4, -0.2) is 0 Å². The Morgan fingerprint density at radius 2 is 2.23 bits per heavy atom. The SMILES string of the molecule is N#Cc1c(F)sc2c(I)cccc12. The van der Waals surface area contributed by atoms with Gasteiger partial charge in [0.15, 0.2) is 5.13 Å². The van der Waals surface area contributed by atoms with Crippen molar-refractivity contribution in [2.45, 2.75) is 0 Å². The van der Waals surface area contributed by atoms with E-state index in [1.807, 2.05) is 18.2 Å². The average Bonchev–Trinajstić information content (AvgIpc) is 2.43. The number of halogens is 2. The highest BCUT2D eigenvalue weighted by atomic mass is 127. The highest BCUT2D eigenvalue weighted by Gasteiger charge is 2.12. The fraction of sp³-hybridized carbons (Fsp3) is 0. The summed E-state index contributed by atoms with van der Waals surface area (Å²) in [6.07, 6.45) is 0. The van der Waals surface area contributed by atoms with Crippen LogP contribution in [0.5, 0.6) is 0 Å². The van der Waals surface area contributed by atoms with Gasteiger partial charge in [-0.25, -0.2) is 0 Å². The van der Waals surface area contributed by atoms with Crippen LogP contribution in [0.3, 0.4) is 0 Å². The molecule has 0 bridgehead atoms. The summed E-state index contributed by atoms with van der Waals surface area (Å²) in [5, 5.41) is 9.04. The lowest BCUT2D eigenvalue weighted by atomic mass is 10.2. The van der Waals surface area contributed by atoms with Gasteiger partial charge >= 0.3 is 0 Å². The van der Waals surface area contributed by atoms with Crippen molar-refractivity contribution in [2.24, 2.45) is 0 Å². The second kappa shape index (κ2) is 3.24. The summed E-state index contributed by atoms with van der Waals surface area (Å²) >= 11 is 3.17. The highest BCUT2D eigenvalue weighted by Crippen LogP contribution is 2.32. The van der Waals surface area contributed by atoms with Crippen LogP contribution in [0.4, 0.5) is 4.39 Å². The molecule has 0 atom stereocenters. The molecule has 0 saturated carbocycles. The molecule has 2 rings (SSSR count). The quantitative estimate of drug-likeness (QED) is 0.683. The molecule has 64 valence electrons. The van der Waals surface area contributed by atoms with Crippen molar-refractivity contribution in [3.05, 3.63) is 32.5 Å². The second-order valence-corrected chi connectivity index (χ2v) is 4.61. The van der Waals surface area contributed by atoms with Crippen LogP contribution in [0.25, 0.3) is 10.1 Å². The van der Waals surface area contributed by atoms with Crippen LogP contribution < -0.4 is 0 Å². The van der Waals surface area contributed by atoms with E-state index >= 15 is 0 Å². The summed E-state index contributed by atoms with van der Waals surface area (Å²) in [4.78, 5) is 0. The zero-order chi connectivity index (χ0) is 9.42. The minimum atomic E-state index is -0.387. The van der Waals surface area contributed by atoms with E-state index in [2.05, 4.69) is 22.6 Å². The number of thiophene rings is 1. The van der Waals surface area contributed by atoms with Crippen molar-refractivity contribution >= 4 is 44.0 Å². The van der Waals surface area contributed by atoms with Crippen molar-refractivity contribution in [1.29, 1.82) is 5.26 Å². The molecule has 0 radical (unpaired) electrons. The standard InChI is InChI=1S/C9H3FINS/c10-9-6(4-12)5-2-1-3-7(11)8(5)13-9/h1-3H. The molecule has 0 fully saturated rings. The Hall–Kier alpha value is -0.670. The number of nitrogens with zero attached hydrogens (tertiary/aromatic N) is 1. The molecule has 4 heteroatoms. The maximum Gasteiger partial charge on any atom is 0.195 e. The molecule has 0 aliphatic carbocycles. The molecule has 13 heavy (non-hydrogen) atoms. The summed E-state index contributed by atoms with van der Waals surface area (Å²) in [7, 11) is 0. The molecule has 1 aromatic heterocycles. The van der Waals surface area contributed by atoms with Gasteiger partial charge in [-0.3, -0.25) is 0 Å². The lowest BCUT2D eigenvalue weighted by Crippen LogP contribution is -1.74. The molecule has 0 unspecified atom stereocenters. The number of benzene rings is 1. The second-order valence-electron chi connectivity index (χ2n) is 2.48. The van der Waals surface area contributed by atoms with Crippen molar-refractivity contribution < 1.29 is 4.39 Å². The van der Waals surface area contributed by atoms with Gasteiger partial charge in [0, 0.05) is 8.96 Å². The molecule has 0 aliphatic heterocycles. The Kier molecular flexibility index (Phi) is 2.22. The first-order valence-electron chi connectivity index (χ1n) is 3.50. The van der Waals surface area contributed by atoms with E-state index in [0.29, 0.717) is 0 Å². The van der Waals surface area contributed by atoms with Crippen molar-refractivity contribution in [1.82, 2.24) is 0 Å². The monoisotopic (exact) mass is 303 g/mol. The van der Waals surface area contributed by atoms with Gasteiger partial charge in [-0.15, -0.1) is 11.3 Å². The smallest absolute Gasteiger partial charge is 0.194 e. The topological polar surface area (TPSA) is 23.8 Å². The van der Waals surface area contributed by atoms with Gasteiger partial charge in [0.05, 0.1) is 4.70 Å². The Balaban J connectivity index is 2.96. The van der Waals surface area contributed by atoms with Crippen LogP contribution in [0.15, 0.2) is 18.2 Å². The summed E-state index contributed by atoms with van der Waals surface area (Å²) in [5.41, 5.74) is 0.165. The molecular weight excluding hydrogens is 300 g/mol. The molecule has 2 aromatic rings. The van der Waals surface area contributed by atoms with Gasteiger partial charge in [0.1, 0.15) is 11.6 Å². The van der Waals surface area contributed by atoms with Gasteiger partial charge in [-0.2, -0.15) is 9.65 Å². The van der Waals surface area contributed by atoms with Gasteiger partial charge in [0.2, 0.25) is 0 Å². The molecule has 0 N–H and O–H groups in total. The highest BCUT2D eigenvalue weighted by molar-refractivity contribution is 14.1. The van der Waals surface area contributed by atoms with Crippen LogP contribution >= 0.6 is 33.9 Å². The Labute approximate surface area is 91.9 Å². The first-order valence-corrected chi connectivity index (χ1v) is 5.40. The van der Waals surface area contributed by atoms with E-state index in [1.165, 1.54) is 0 Å². The largest absolute Gasteiger partial charge is 0.195 e. The van der Waals surface area contributed by atoms with Crippen molar-refractivity contribution in [2.75, 3.05) is 0 Å². The molecule has 1 nitrogen and oxygen atoms in total. The van der Waals surface area contributed by atoms with Crippen LogP contribution in [0, 0.1) is 20.0 Å². The number of hydrogen-bond acceptors (Lipinski definition) is 2. The molecular formula is C9H3FINS. The fourth-order valence-electron chi connectivity index (χ4n) is 1.16. The van der Waals surface area contributed by atoms with E-state index < -0.39 is 0 Å². The summed E-state index contributed by atoms with van der Waals surface area (Å²) in [6.45, 7) is 0. The van der Waals surface area contributed by atoms with E-state index in [0.717, 1.165) is 25.0 Å². The fourth-order valence-corrected chi connectivity index (χ4v) is 2.87. The Morgan fingerprint density at radius 1 is 1.46 bits per heavy atom. The lowest BCUT2D eigenvalue weighted by molar-refractivity contribution is 0.655. The zero-order valence-electron chi connectivity index (χ0n) is 6.34. The number of fused-ring (bicyclic) bond motifs is 1. The van der Waals surface area contributed by atoms with Gasteiger partial charge in [-0.1, -0.05) is 12.1 Å². The first-order chi connectivity index (χ1) is 6.24. The molecule has 0 aliphatic rings. The molecule has 0 saturated heterocycles. The van der Waals surface area contributed by atoms with Crippen LogP contribution in [0.1, 0.15) is 5.56 Å². The third kappa shape index (κ3) is 1.32. The predicted octanol–water partition coefficient (Wildman–Crippen LogP) is 3.52. The molecule has 0 spiro atoms. The van der Waals surface area contributed by atoms with Crippen LogP contribution in [0.2, 0.25) is 0 Å². The van der Waals surface area contributed by atoms with Gasteiger partial charge in [0.25, 0.3) is 0 Å². The first kappa shape index (κ1) is 8.91. The van der Waals surface area contributed by atoms with Crippen molar-refractivity contribution in [3.8, 4) is 6.07 Å². The Morgan fingerprint density at radius 3 is 2.92 bits per heavy atom. The predicted molar refractivity (Wildman–Crippen MR) is 59.2 cm³/mol. The molecule has 1 aromatic carbocycles. The van der Waals surface area contributed by atoms with E-state index in [-0.39, 0.29) is 10.7 Å². The van der Waals surface area contributed by atoms with E-state index in [4.69, 9.17) is 5.26 Å². The number of nitriles is 1. The van der Waals surface area contributed by atoms with Gasteiger partial charge < -0.3 is 0 Å². The van der Waals surface area contributed by atoms with Crippen LogP contribution in [-0.2, 0) is 0 Å². The summed E-state index contributed by atoms with van der Waals surface area (Å²) in [5.74, 6) is 0. The minimum absolute atomic E-state index is 0.165. The summed E-state index contributed by atoms with van der Waals surface area (Å²) in [6, 6.07) is 7.38. The van der Waals surface area contributed by atoms with Gasteiger partial charge in [-0.05, 0) is 28.7 Å². The summed E-state index contributed by atoms with van der Waals surface area (Å²) < 4.78 is 15.0. The lowest BCUT2D eigenvalue weighted by Gasteiger charge is -1.90. The third-order valence-electron chi connectivity index (χ3n) is 1.74. The third-order valence-corrected chi connectivity index (χ3v) is 4.03. The maximum absolute atomic E-state index is 13.2. The van der Waals surface area contributed by atoms with E-state index in [1.54, 1.807) is 6.07 Å². The normalized spacial score (nSPS) is 10.2. The maximum atomic E-state index is 13.2. The average molecular weight is 303 g/mol. The van der Waals surface area contributed by atoms with Crippen molar-refractivity contribution in [3.63, 3.8) is 0 Å². The molecule has 1 heterocycles. The van der Waals surface area contributed by atoms with E-state index in [9.17, 15) is 4.39 Å². The number of rotatable bonds is 0. The molecule has 0 amide bonds. The number of hydrogen-bond donors (Lipinski definition) is 0. The zero-order valence-corrected chi connectivity index (χ0v) is 9.32.